The summed E-state index contributed by atoms with van der Waals surface area (Å²) in [5.74, 6) is 0. The largest absolute Gasteiger partial charge is 0.297 e. The van der Waals surface area contributed by atoms with Gasteiger partial charge in [-0.2, -0.15) is 0 Å². The zero-order chi connectivity index (χ0) is 55.3. The van der Waals surface area contributed by atoms with Crippen LogP contribution in [0.1, 0.15) is 268 Å². The lowest BCUT2D eigenvalue weighted by atomic mass is 9.67. The van der Waals surface area contributed by atoms with E-state index < -0.39 is 10.8 Å². The van der Waals surface area contributed by atoms with Crippen LogP contribution in [0.3, 0.4) is 0 Å². The minimum Gasteiger partial charge on any atom is -0.297 e. The van der Waals surface area contributed by atoms with Crippen molar-refractivity contribution in [2.45, 2.75) is 218 Å². The van der Waals surface area contributed by atoms with Crippen LogP contribution in [0.2, 0.25) is 0 Å². The maximum absolute atomic E-state index is 13.1. The van der Waals surface area contributed by atoms with Crippen LogP contribution >= 0.6 is 45.3 Å². The number of carbonyl (C=O) groups is 2. The molecule has 420 valence electrons. The molecule has 0 radical (unpaired) electrons. The first-order valence-corrected chi connectivity index (χ1v) is 34.9. The van der Waals surface area contributed by atoms with E-state index in [0.29, 0.717) is 0 Å². The summed E-state index contributed by atoms with van der Waals surface area (Å²) in [5, 5.41) is 0. The number of thiophene rings is 4. The van der Waals surface area contributed by atoms with E-state index in [1.165, 1.54) is 250 Å². The van der Waals surface area contributed by atoms with Crippen LogP contribution in [0.5, 0.6) is 0 Å². The van der Waals surface area contributed by atoms with Gasteiger partial charge in [0.25, 0.3) is 0 Å². The molecule has 6 heteroatoms. The summed E-state index contributed by atoms with van der Waals surface area (Å²) in [6.45, 7) is 9.18. The van der Waals surface area contributed by atoms with Crippen molar-refractivity contribution in [3.63, 3.8) is 0 Å². The molecule has 0 aliphatic heterocycles. The van der Waals surface area contributed by atoms with Crippen LogP contribution in [0.15, 0.2) is 109 Å². The SMILES string of the molecule is CCCCCCCCc1ccc(C2(c3ccc(CCCCCCCC)cc3)c3cc(C=O)sc3-c3sc4c5c(sc4c32)-c2sc(C=O)cc2C5(c2ccc(CCCCCCCC)cc2)c2ccc(CCCCCCCC)cc2)cc1. The summed E-state index contributed by atoms with van der Waals surface area (Å²) < 4.78 is 2.68. The molecule has 10 rings (SSSR count). The highest BCUT2D eigenvalue weighted by atomic mass is 32.1. The first kappa shape index (κ1) is 58.5. The van der Waals surface area contributed by atoms with Crippen molar-refractivity contribution in [2.75, 3.05) is 0 Å². The standard InChI is InChI=1S/C74H88O2S4/c1-5-9-13-17-21-25-29-53-33-41-57(42-34-53)73(58-43-35-54(36-44-58)30-26-22-18-14-10-6-2)63-49-61(51-75)77-67(63)69-65(73)71-72(79-69)66-70(80-71)68-64(50-62(52-76)78-68)74(66,59-45-37-55(38-46-59)31-27-23-19-15-11-7-3)60-47-39-56(40-48-60)32-28-24-20-16-12-8-4/h33-52H,5-32H2,1-4H3. The normalized spacial score (nSPS) is 13.7. The third-order valence-electron chi connectivity index (χ3n) is 18.1. The van der Waals surface area contributed by atoms with Crippen LogP contribution in [0.25, 0.3) is 28.9 Å². The quantitative estimate of drug-likeness (QED) is 0.0298. The average molecular weight is 1140 g/mol. The Morgan fingerprint density at radius 1 is 0.312 bits per heavy atom. The number of aldehydes is 2. The Hall–Kier alpha value is -4.72. The maximum Gasteiger partial charge on any atom is 0.160 e. The second kappa shape index (κ2) is 28.0. The Bertz CT molecular complexity index is 2910. The van der Waals surface area contributed by atoms with Crippen LogP contribution < -0.4 is 0 Å². The van der Waals surface area contributed by atoms with Crippen molar-refractivity contribution < 1.29 is 9.59 Å². The summed E-state index contributed by atoms with van der Waals surface area (Å²) in [6.07, 6.45) is 37.4. The molecule has 2 aliphatic rings. The highest BCUT2D eigenvalue weighted by Crippen LogP contribution is 2.70. The third-order valence-corrected chi connectivity index (χ3v) is 23.0. The summed E-state index contributed by atoms with van der Waals surface area (Å²) in [6, 6.07) is 43.3. The van der Waals surface area contributed by atoms with Gasteiger partial charge in [0.05, 0.1) is 49.5 Å². The molecule has 4 aromatic heterocycles. The van der Waals surface area contributed by atoms with Crippen LogP contribution in [-0.4, -0.2) is 12.6 Å². The molecule has 4 heterocycles. The second-order valence-electron chi connectivity index (χ2n) is 23.6. The molecular formula is C74H88O2S4. The predicted octanol–water partition coefficient (Wildman–Crippen LogP) is 23.0. The minimum absolute atomic E-state index is 0.637. The summed E-state index contributed by atoms with van der Waals surface area (Å²) in [4.78, 5) is 32.7. The molecule has 8 aromatic rings. The Morgan fingerprint density at radius 2 is 0.562 bits per heavy atom. The van der Waals surface area contributed by atoms with Gasteiger partial charge < -0.3 is 0 Å². The zero-order valence-corrected chi connectivity index (χ0v) is 52.1. The lowest BCUT2D eigenvalue weighted by Crippen LogP contribution is -2.29. The first-order chi connectivity index (χ1) is 39.4. The molecule has 80 heavy (non-hydrogen) atoms. The van der Waals surface area contributed by atoms with Gasteiger partial charge in [0.2, 0.25) is 0 Å². The molecule has 0 unspecified atom stereocenters. The highest BCUT2D eigenvalue weighted by molar-refractivity contribution is 7.34. The molecule has 2 nitrogen and oxygen atoms in total. The van der Waals surface area contributed by atoms with Gasteiger partial charge in [-0.15, -0.1) is 45.3 Å². The topological polar surface area (TPSA) is 34.1 Å². The van der Waals surface area contributed by atoms with Gasteiger partial charge in [-0.1, -0.05) is 253 Å². The van der Waals surface area contributed by atoms with E-state index in [0.717, 1.165) is 48.0 Å². The minimum atomic E-state index is -0.637. The molecular weight excluding hydrogens is 1050 g/mol. The molecule has 0 atom stereocenters. The van der Waals surface area contributed by atoms with Gasteiger partial charge in [-0.25, -0.2) is 0 Å². The molecule has 2 aliphatic carbocycles. The molecule has 0 saturated heterocycles. The van der Waals surface area contributed by atoms with E-state index in [9.17, 15) is 9.59 Å². The van der Waals surface area contributed by atoms with Gasteiger partial charge in [0.15, 0.2) is 12.6 Å². The van der Waals surface area contributed by atoms with Gasteiger partial charge in [-0.05, 0) is 119 Å². The van der Waals surface area contributed by atoms with Crippen LogP contribution in [0, 0.1) is 0 Å². The van der Waals surface area contributed by atoms with E-state index >= 15 is 0 Å². The van der Waals surface area contributed by atoms with Gasteiger partial charge in [-0.3, -0.25) is 9.59 Å². The smallest absolute Gasteiger partial charge is 0.160 e. The summed E-state index contributed by atoms with van der Waals surface area (Å²) in [7, 11) is 0. The van der Waals surface area contributed by atoms with Gasteiger partial charge >= 0.3 is 0 Å². The lowest BCUT2D eigenvalue weighted by Gasteiger charge is -2.34. The molecule has 0 spiro atoms. The number of hydrogen-bond donors (Lipinski definition) is 0. The molecule has 0 amide bonds. The molecule has 0 saturated carbocycles. The van der Waals surface area contributed by atoms with Crippen molar-refractivity contribution in [1.29, 1.82) is 0 Å². The maximum atomic E-state index is 13.1. The van der Waals surface area contributed by atoms with E-state index in [2.05, 4.69) is 137 Å². The van der Waals surface area contributed by atoms with Gasteiger partial charge in [0.1, 0.15) is 0 Å². The molecule has 0 N–H and O–H groups in total. The van der Waals surface area contributed by atoms with Gasteiger partial charge in [0, 0.05) is 11.1 Å². The number of benzene rings is 4. The Labute approximate surface area is 496 Å². The first-order valence-electron chi connectivity index (χ1n) is 31.6. The highest BCUT2D eigenvalue weighted by Gasteiger charge is 2.55. The number of hydrogen-bond acceptors (Lipinski definition) is 6. The van der Waals surface area contributed by atoms with E-state index in [4.69, 9.17) is 0 Å². The van der Waals surface area contributed by atoms with Crippen molar-refractivity contribution in [2.24, 2.45) is 0 Å². The van der Waals surface area contributed by atoms with E-state index in [1.807, 2.05) is 22.7 Å². The summed E-state index contributed by atoms with van der Waals surface area (Å²) in [5.41, 5.74) is 14.6. The Morgan fingerprint density at radius 3 is 0.812 bits per heavy atom. The number of carbonyl (C=O) groups excluding carboxylic acids is 2. The van der Waals surface area contributed by atoms with Crippen LogP contribution in [0.4, 0.5) is 0 Å². The number of rotatable bonds is 34. The Balaban J connectivity index is 1.14. The van der Waals surface area contributed by atoms with Crippen LogP contribution in [-0.2, 0) is 36.5 Å². The lowest BCUT2D eigenvalue weighted by molar-refractivity contribution is 0.111. The molecule has 4 aromatic carbocycles. The fraction of sp³-hybridized carbons (Fsp3) is 0.459. The van der Waals surface area contributed by atoms with Crippen molar-refractivity contribution >= 4 is 67.3 Å². The molecule has 0 fully saturated rings. The fourth-order valence-corrected chi connectivity index (χ4v) is 19.2. The summed E-state index contributed by atoms with van der Waals surface area (Å²) >= 11 is 7.27. The monoisotopic (exact) mass is 1140 g/mol. The van der Waals surface area contributed by atoms with E-state index in [-0.39, 0.29) is 0 Å². The number of fused-ring (bicyclic) bond motifs is 9. The van der Waals surface area contributed by atoms with Crippen molar-refractivity contribution in [3.8, 4) is 19.5 Å². The van der Waals surface area contributed by atoms with E-state index in [1.54, 1.807) is 22.7 Å². The zero-order valence-electron chi connectivity index (χ0n) is 48.8. The number of aryl methyl sites for hydroxylation is 4. The fourth-order valence-electron chi connectivity index (χ4n) is 13.7. The third kappa shape index (κ3) is 11.9. The predicted molar refractivity (Wildman–Crippen MR) is 349 cm³/mol. The second-order valence-corrected chi connectivity index (χ2v) is 27.9. The number of unbranched alkanes of at least 4 members (excludes halogenated alkanes) is 20. The molecule has 0 bridgehead atoms. The Kier molecular flexibility index (Phi) is 20.5. The van der Waals surface area contributed by atoms with Crippen molar-refractivity contribution in [3.05, 3.63) is 186 Å². The van der Waals surface area contributed by atoms with Crippen molar-refractivity contribution in [1.82, 2.24) is 0 Å². The average Bonchev–Trinajstić information content (AvgIpc) is 3.77.